The Hall–Kier alpha value is -3.10. The quantitative estimate of drug-likeness (QED) is 0.743. The second kappa shape index (κ2) is 9.26. The molecule has 1 aromatic carbocycles. The number of rotatable bonds is 8. The Morgan fingerprint density at radius 2 is 2.08 bits per heavy atom. The van der Waals surface area contributed by atoms with Crippen LogP contribution < -0.4 is 15.4 Å². The lowest BCUT2D eigenvalue weighted by atomic mass is 10.1. The molecule has 9 heteroatoms. The standard InChI is InChI=1S/C16H21N5O4/c1-3-25-16(23)19-14-10-18-21(20-14)11-15(22)17-9-8-12-6-4-5-7-13(12)24-2/h4-7,10H,3,8-9,11H2,1-2H3,(H,17,22)(H,19,20,23). The summed E-state index contributed by atoms with van der Waals surface area (Å²) in [6.07, 6.45) is 1.38. The van der Waals surface area contributed by atoms with E-state index in [4.69, 9.17) is 9.47 Å². The van der Waals surface area contributed by atoms with Crippen LogP contribution in [0.4, 0.5) is 10.6 Å². The van der Waals surface area contributed by atoms with Crippen molar-refractivity contribution in [3.05, 3.63) is 36.0 Å². The highest BCUT2D eigenvalue weighted by Crippen LogP contribution is 2.17. The van der Waals surface area contributed by atoms with Gasteiger partial charge < -0.3 is 14.8 Å². The van der Waals surface area contributed by atoms with Crippen molar-refractivity contribution in [2.75, 3.05) is 25.6 Å². The number of carbonyl (C=O) groups is 2. The van der Waals surface area contributed by atoms with Crippen molar-refractivity contribution in [1.29, 1.82) is 0 Å². The number of amides is 2. The maximum Gasteiger partial charge on any atom is 0.412 e. The summed E-state index contributed by atoms with van der Waals surface area (Å²) < 4.78 is 10.0. The van der Waals surface area contributed by atoms with E-state index in [-0.39, 0.29) is 24.9 Å². The van der Waals surface area contributed by atoms with E-state index in [0.29, 0.717) is 13.0 Å². The van der Waals surface area contributed by atoms with Crippen LogP contribution in [0.15, 0.2) is 30.5 Å². The first kappa shape index (κ1) is 18.2. The Kier molecular flexibility index (Phi) is 6.76. The lowest BCUT2D eigenvalue weighted by molar-refractivity contribution is -0.122. The van der Waals surface area contributed by atoms with Gasteiger partial charge in [-0.3, -0.25) is 10.1 Å². The molecule has 1 heterocycles. The third kappa shape index (κ3) is 5.79. The van der Waals surface area contributed by atoms with Crippen LogP contribution in [0.5, 0.6) is 5.75 Å². The molecule has 0 saturated heterocycles. The number of methoxy groups -OCH3 is 1. The van der Waals surface area contributed by atoms with Crippen LogP contribution in [-0.4, -0.2) is 47.3 Å². The Labute approximate surface area is 145 Å². The summed E-state index contributed by atoms with van der Waals surface area (Å²) >= 11 is 0. The van der Waals surface area contributed by atoms with E-state index < -0.39 is 6.09 Å². The third-order valence-electron chi connectivity index (χ3n) is 3.24. The normalized spacial score (nSPS) is 10.2. The molecular weight excluding hydrogens is 326 g/mol. The fourth-order valence-electron chi connectivity index (χ4n) is 2.13. The number of anilines is 1. The minimum atomic E-state index is -0.615. The van der Waals surface area contributed by atoms with E-state index in [0.717, 1.165) is 11.3 Å². The first-order valence-corrected chi connectivity index (χ1v) is 7.85. The number of nitrogens with zero attached hydrogens (tertiary/aromatic N) is 3. The zero-order valence-corrected chi connectivity index (χ0v) is 14.2. The summed E-state index contributed by atoms with van der Waals surface area (Å²) in [4.78, 5) is 24.4. The Balaban J connectivity index is 1.77. The average molecular weight is 347 g/mol. The molecular formula is C16H21N5O4. The predicted octanol–water partition coefficient (Wildman–Crippen LogP) is 1.21. The van der Waals surface area contributed by atoms with Gasteiger partial charge in [0.2, 0.25) is 5.91 Å². The Bertz CT molecular complexity index is 716. The van der Waals surface area contributed by atoms with Gasteiger partial charge in [-0.2, -0.15) is 9.90 Å². The van der Waals surface area contributed by atoms with E-state index in [1.807, 2.05) is 24.3 Å². The van der Waals surface area contributed by atoms with Crippen molar-refractivity contribution in [1.82, 2.24) is 20.3 Å². The molecule has 134 valence electrons. The Morgan fingerprint density at radius 3 is 2.84 bits per heavy atom. The molecule has 9 nitrogen and oxygen atoms in total. The molecule has 1 aromatic heterocycles. The lowest BCUT2D eigenvalue weighted by Crippen LogP contribution is -2.30. The topological polar surface area (TPSA) is 107 Å². The number of para-hydroxylation sites is 1. The molecule has 0 fully saturated rings. The summed E-state index contributed by atoms with van der Waals surface area (Å²) in [7, 11) is 1.61. The summed E-state index contributed by atoms with van der Waals surface area (Å²) in [6.45, 7) is 2.38. The molecule has 2 N–H and O–H groups in total. The summed E-state index contributed by atoms with van der Waals surface area (Å²) in [6, 6.07) is 7.65. The molecule has 0 bridgehead atoms. The predicted molar refractivity (Wildman–Crippen MR) is 90.4 cm³/mol. The number of hydrogen-bond donors (Lipinski definition) is 2. The highest BCUT2D eigenvalue weighted by Gasteiger charge is 2.09. The molecule has 0 spiro atoms. The minimum absolute atomic E-state index is 0.0452. The van der Waals surface area contributed by atoms with Crippen molar-refractivity contribution in [2.45, 2.75) is 19.9 Å². The number of carbonyl (C=O) groups excluding carboxylic acids is 2. The van der Waals surface area contributed by atoms with Crippen molar-refractivity contribution in [3.63, 3.8) is 0 Å². The maximum absolute atomic E-state index is 11.9. The van der Waals surface area contributed by atoms with Crippen molar-refractivity contribution in [2.24, 2.45) is 0 Å². The molecule has 2 amide bonds. The second-order valence-corrected chi connectivity index (χ2v) is 5.02. The number of nitrogens with one attached hydrogen (secondary N) is 2. The van der Waals surface area contributed by atoms with Crippen LogP contribution in [0, 0.1) is 0 Å². The van der Waals surface area contributed by atoms with Gasteiger partial charge in [-0.25, -0.2) is 4.79 Å². The minimum Gasteiger partial charge on any atom is -0.496 e. The highest BCUT2D eigenvalue weighted by molar-refractivity contribution is 5.83. The van der Waals surface area contributed by atoms with E-state index in [2.05, 4.69) is 20.8 Å². The van der Waals surface area contributed by atoms with Gasteiger partial charge >= 0.3 is 6.09 Å². The molecule has 0 atom stereocenters. The van der Waals surface area contributed by atoms with Crippen LogP contribution in [0.3, 0.4) is 0 Å². The van der Waals surface area contributed by atoms with Crippen molar-refractivity contribution >= 4 is 17.8 Å². The molecule has 0 saturated carbocycles. The van der Waals surface area contributed by atoms with Gasteiger partial charge in [-0.15, -0.1) is 5.10 Å². The molecule has 0 aliphatic rings. The molecule has 25 heavy (non-hydrogen) atoms. The summed E-state index contributed by atoms with van der Waals surface area (Å²) in [5.41, 5.74) is 1.02. The van der Waals surface area contributed by atoms with Gasteiger partial charge in [0, 0.05) is 6.54 Å². The van der Waals surface area contributed by atoms with Crippen LogP contribution in [0.25, 0.3) is 0 Å². The largest absolute Gasteiger partial charge is 0.496 e. The first-order chi connectivity index (χ1) is 12.1. The molecule has 2 aromatic rings. The van der Waals surface area contributed by atoms with Crippen LogP contribution in [0.1, 0.15) is 12.5 Å². The average Bonchev–Trinajstić information content (AvgIpc) is 3.02. The fraction of sp³-hybridized carbons (Fsp3) is 0.375. The van der Waals surface area contributed by atoms with Crippen LogP contribution in [0.2, 0.25) is 0 Å². The van der Waals surface area contributed by atoms with Crippen molar-refractivity contribution in [3.8, 4) is 5.75 Å². The lowest BCUT2D eigenvalue weighted by Gasteiger charge is -2.09. The highest BCUT2D eigenvalue weighted by atomic mass is 16.5. The molecule has 0 aliphatic heterocycles. The summed E-state index contributed by atoms with van der Waals surface area (Å²) in [5, 5.41) is 13.1. The molecule has 2 rings (SSSR count). The van der Waals surface area contributed by atoms with Crippen LogP contribution in [-0.2, 0) is 22.5 Å². The van der Waals surface area contributed by atoms with E-state index in [9.17, 15) is 9.59 Å². The fourth-order valence-corrected chi connectivity index (χ4v) is 2.13. The first-order valence-electron chi connectivity index (χ1n) is 7.85. The second-order valence-electron chi connectivity index (χ2n) is 5.02. The third-order valence-corrected chi connectivity index (χ3v) is 3.24. The number of ether oxygens (including phenoxy) is 2. The molecule has 0 radical (unpaired) electrons. The zero-order valence-electron chi connectivity index (χ0n) is 14.2. The van der Waals surface area contributed by atoms with Gasteiger partial charge in [0.05, 0.1) is 19.9 Å². The zero-order chi connectivity index (χ0) is 18.1. The molecule has 0 aliphatic carbocycles. The van der Waals surface area contributed by atoms with E-state index >= 15 is 0 Å². The van der Waals surface area contributed by atoms with E-state index in [1.54, 1.807) is 14.0 Å². The van der Waals surface area contributed by atoms with Gasteiger partial charge in [0.15, 0.2) is 5.82 Å². The monoisotopic (exact) mass is 347 g/mol. The number of aromatic nitrogens is 3. The van der Waals surface area contributed by atoms with Gasteiger partial charge in [0.1, 0.15) is 12.3 Å². The van der Waals surface area contributed by atoms with E-state index in [1.165, 1.54) is 11.0 Å². The van der Waals surface area contributed by atoms with Gasteiger partial charge in [-0.05, 0) is 25.0 Å². The van der Waals surface area contributed by atoms with Crippen LogP contribution >= 0.6 is 0 Å². The number of hydrogen-bond acceptors (Lipinski definition) is 6. The smallest absolute Gasteiger partial charge is 0.412 e. The SMILES string of the molecule is CCOC(=O)Nc1cnn(CC(=O)NCCc2ccccc2OC)n1. The summed E-state index contributed by atoms with van der Waals surface area (Å²) in [5.74, 6) is 0.786. The van der Waals surface area contributed by atoms with Gasteiger partial charge in [0.25, 0.3) is 0 Å². The van der Waals surface area contributed by atoms with Crippen molar-refractivity contribution < 1.29 is 19.1 Å². The Morgan fingerprint density at radius 1 is 1.28 bits per heavy atom. The maximum atomic E-state index is 11.9. The van der Waals surface area contributed by atoms with Gasteiger partial charge in [-0.1, -0.05) is 18.2 Å². The number of benzene rings is 1. The molecule has 0 unspecified atom stereocenters.